The molecule has 0 aliphatic heterocycles. The fraction of sp³-hybridized carbons (Fsp3) is 0.682. The summed E-state index contributed by atoms with van der Waals surface area (Å²) in [7, 11) is 4.10. The second kappa shape index (κ2) is 12.0. The van der Waals surface area contributed by atoms with E-state index in [1.54, 1.807) is 0 Å². The van der Waals surface area contributed by atoms with Gasteiger partial charge in [0.25, 0.3) is 0 Å². The van der Waals surface area contributed by atoms with E-state index in [1.165, 1.54) is 52.5 Å². The van der Waals surface area contributed by atoms with Gasteiger partial charge in [-0.15, -0.1) is 35.3 Å². The van der Waals surface area contributed by atoms with Crippen LogP contribution in [0.5, 0.6) is 0 Å². The van der Waals surface area contributed by atoms with Crippen molar-refractivity contribution >= 4 is 41.3 Å². The van der Waals surface area contributed by atoms with Crippen LogP contribution in [-0.2, 0) is 32.9 Å². The molecule has 0 saturated carbocycles. The summed E-state index contributed by atoms with van der Waals surface area (Å²) in [6, 6.07) is 0. The predicted molar refractivity (Wildman–Crippen MR) is 137 cm³/mol. The molecule has 0 unspecified atom stereocenters. The molecule has 2 heterocycles. The zero-order valence-electron chi connectivity index (χ0n) is 19.1. The Bertz CT molecular complexity index is 802. The number of guanidine groups is 1. The molecule has 0 atom stereocenters. The molecule has 6 nitrogen and oxygen atoms in total. The smallest absolute Gasteiger partial charge is 0.193 e. The molecule has 168 valence electrons. The lowest BCUT2D eigenvalue weighted by molar-refractivity contribution is 0.473. The highest BCUT2D eigenvalue weighted by atomic mass is 127. The quantitative estimate of drug-likeness (QED) is 0.230. The van der Waals surface area contributed by atoms with Gasteiger partial charge in [0, 0.05) is 56.8 Å². The van der Waals surface area contributed by atoms with Crippen LogP contribution in [0.2, 0.25) is 0 Å². The van der Waals surface area contributed by atoms with Crippen molar-refractivity contribution in [3.8, 4) is 0 Å². The van der Waals surface area contributed by atoms with Crippen molar-refractivity contribution < 1.29 is 0 Å². The van der Waals surface area contributed by atoms with Gasteiger partial charge in [-0.25, -0.2) is 4.98 Å². The predicted octanol–water partition coefficient (Wildman–Crippen LogP) is 4.53. The van der Waals surface area contributed by atoms with Crippen LogP contribution in [-0.4, -0.2) is 45.8 Å². The van der Waals surface area contributed by atoms with Gasteiger partial charge >= 0.3 is 0 Å². The second-order valence-corrected chi connectivity index (χ2v) is 9.42. The third-order valence-corrected chi connectivity index (χ3v) is 6.51. The van der Waals surface area contributed by atoms with E-state index >= 15 is 0 Å². The van der Waals surface area contributed by atoms with Crippen LogP contribution in [0.1, 0.15) is 72.8 Å². The molecule has 8 heteroatoms. The van der Waals surface area contributed by atoms with Crippen molar-refractivity contribution in [3.63, 3.8) is 0 Å². The van der Waals surface area contributed by atoms with Crippen LogP contribution in [0, 0.1) is 0 Å². The minimum Gasteiger partial charge on any atom is -0.357 e. The molecule has 0 bridgehead atoms. The Morgan fingerprint density at radius 2 is 2.10 bits per heavy atom. The summed E-state index contributed by atoms with van der Waals surface area (Å²) in [6.07, 6.45) is 9.23. The highest BCUT2D eigenvalue weighted by Crippen LogP contribution is 2.27. The molecule has 0 fully saturated rings. The standard InChI is InChI=1S/C22H36N6S.HI/c1-6-23-22(27(4)14-17-15-28(5)26-21(17)16(2)3)24-13-9-12-20-25-18-10-7-8-11-19(18)29-20;/h15-16H,6-14H2,1-5H3,(H,23,24);1H. The zero-order chi connectivity index (χ0) is 20.8. The molecule has 0 saturated heterocycles. The molecular weight excluding hydrogens is 507 g/mol. The number of nitrogens with zero attached hydrogens (tertiary/aromatic N) is 5. The Morgan fingerprint density at radius 3 is 2.80 bits per heavy atom. The molecule has 0 aromatic carbocycles. The molecule has 2 aromatic rings. The first kappa shape index (κ1) is 25.1. The summed E-state index contributed by atoms with van der Waals surface area (Å²) in [6.45, 7) is 9.01. The number of nitrogens with one attached hydrogen (secondary N) is 1. The fourth-order valence-corrected chi connectivity index (χ4v) is 5.09. The van der Waals surface area contributed by atoms with E-state index in [9.17, 15) is 0 Å². The molecule has 30 heavy (non-hydrogen) atoms. The molecule has 1 aliphatic rings. The molecule has 1 aliphatic carbocycles. The van der Waals surface area contributed by atoms with E-state index in [-0.39, 0.29) is 24.0 Å². The molecule has 2 aromatic heterocycles. The van der Waals surface area contributed by atoms with E-state index in [2.05, 4.69) is 49.3 Å². The topological polar surface area (TPSA) is 58.3 Å². The Hall–Kier alpha value is -1.16. The number of fused-ring (bicyclic) bond motifs is 1. The van der Waals surface area contributed by atoms with Crippen molar-refractivity contribution in [1.82, 2.24) is 25.0 Å². The first-order valence-electron chi connectivity index (χ1n) is 11.0. The number of aromatic nitrogens is 3. The van der Waals surface area contributed by atoms with Gasteiger partial charge in [0.05, 0.1) is 16.4 Å². The van der Waals surface area contributed by atoms with E-state index in [1.807, 2.05) is 23.1 Å². The summed E-state index contributed by atoms with van der Waals surface area (Å²) in [5.41, 5.74) is 3.80. The van der Waals surface area contributed by atoms with Crippen LogP contribution in [0.25, 0.3) is 0 Å². The number of halogens is 1. The van der Waals surface area contributed by atoms with Crippen molar-refractivity contribution in [1.29, 1.82) is 0 Å². The van der Waals surface area contributed by atoms with Crippen LogP contribution >= 0.6 is 35.3 Å². The molecule has 0 amide bonds. The minimum atomic E-state index is 0. The maximum atomic E-state index is 4.87. The summed E-state index contributed by atoms with van der Waals surface area (Å²) >= 11 is 1.92. The van der Waals surface area contributed by atoms with Crippen molar-refractivity contribution in [2.24, 2.45) is 12.0 Å². The van der Waals surface area contributed by atoms with Gasteiger partial charge in [0.1, 0.15) is 0 Å². The number of hydrogen-bond donors (Lipinski definition) is 1. The van der Waals surface area contributed by atoms with Crippen LogP contribution in [0.15, 0.2) is 11.2 Å². The minimum absolute atomic E-state index is 0. The first-order chi connectivity index (χ1) is 14.0. The maximum absolute atomic E-state index is 4.87. The van der Waals surface area contributed by atoms with E-state index in [0.717, 1.165) is 38.4 Å². The van der Waals surface area contributed by atoms with Crippen molar-refractivity contribution in [2.75, 3.05) is 20.1 Å². The number of thiazole rings is 1. The van der Waals surface area contributed by atoms with Gasteiger partial charge < -0.3 is 10.2 Å². The normalized spacial score (nSPS) is 13.9. The van der Waals surface area contributed by atoms with Crippen LogP contribution in [0.3, 0.4) is 0 Å². The third-order valence-electron chi connectivity index (χ3n) is 5.29. The summed E-state index contributed by atoms with van der Waals surface area (Å²) < 4.78 is 1.91. The molecule has 3 rings (SSSR count). The van der Waals surface area contributed by atoms with Crippen molar-refractivity contribution in [2.45, 2.75) is 71.8 Å². The van der Waals surface area contributed by atoms with Crippen LogP contribution < -0.4 is 5.32 Å². The van der Waals surface area contributed by atoms with Gasteiger partial charge in [0.15, 0.2) is 5.96 Å². The number of aliphatic imine (C=N–C) groups is 1. The van der Waals surface area contributed by atoms with Gasteiger partial charge in [-0.3, -0.25) is 9.67 Å². The molecule has 0 spiro atoms. The first-order valence-corrected chi connectivity index (χ1v) is 11.8. The molecule has 1 N–H and O–H groups in total. The largest absolute Gasteiger partial charge is 0.357 e. The Balaban J connectivity index is 0.00000320. The monoisotopic (exact) mass is 544 g/mol. The van der Waals surface area contributed by atoms with Crippen molar-refractivity contribution in [3.05, 3.63) is 33.0 Å². The van der Waals surface area contributed by atoms with E-state index in [4.69, 9.17) is 9.98 Å². The molecule has 0 radical (unpaired) electrons. The van der Waals surface area contributed by atoms with Gasteiger partial charge in [-0.1, -0.05) is 13.8 Å². The van der Waals surface area contributed by atoms with Crippen LogP contribution in [0.4, 0.5) is 0 Å². The lowest BCUT2D eigenvalue weighted by atomic mass is 10.0. The zero-order valence-corrected chi connectivity index (χ0v) is 22.2. The number of aryl methyl sites for hydroxylation is 4. The molecular formula is C22H37IN6S. The number of rotatable bonds is 8. The van der Waals surface area contributed by atoms with E-state index in [0.29, 0.717) is 5.92 Å². The average Bonchev–Trinajstić information content (AvgIpc) is 3.26. The Labute approximate surface area is 202 Å². The maximum Gasteiger partial charge on any atom is 0.193 e. The highest BCUT2D eigenvalue weighted by Gasteiger charge is 2.16. The Morgan fingerprint density at radius 1 is 1.33 bits per heavy atom. The van der Waals surface area contributed by atoms with Gasteiger partial charge in [0.2, 0.25) is 0 Å². The lowest BCUT2D eigenvalue weighted by Gasteiger charge is -2.22. The average molecular weight is 545 g/mol. The highest BCUT2D eigenvalue weighted by molar-refractivity contribution is 14.0. The lowest BCUT2D eigenvalue weighted by Crippen LogP contribution is -2.38. The summed E-state index contributed by atoms with van der Waals surface area (Å²) in [4.78, 5) is 13.5. The SMILES string of the molecule is CCNC(=NCCCc1nc2c(s1)CCCC2)N(C)Cc1cn(C)nc1C(C)C.I. The fourth-order valence-electron chi connectivity index (χ4n) is 3.89. The second-order valence-electron chi connectivity index (χ2n) is 8.25. The number of hydrogen-bond acceptors (Lipinski definition) is 4. The Kier molecular flexibility index (Phi) is 10.1. The van der Waals surface area contributed by atoms with Gasteiger partial charge in [-0.2, -0.15) is 5.10 Å². The van der Waals surface area contributed by atoms with Gasteiger partial charge in [-0.05, 0) is 44.9 Å². The summed E-state index contributed by atoms with van der Waals surface area (Å²) in [5, 5.41) is 9.36. The summed E-state index contributed by atoms with van der Waals surface area (Å²) in [5.74, 6) is 1.38. The van der Waals surface area contributed by atoms with E-state index < -0.39 is 0 Å². The third kappa shape index (κ3) is 6.67.